The molecule has 1 heterocycles. The Morgan fingerprint density at radius 2 is 2.00 bits per heavy atom. The van der Waals surface area contributed by atoms with Gasteiger partial charge in [-0.25, -0.2) is 9.79 Å². The van der Waals surface area contributed by atoms with E-state index >= 15 is 0 Å². The van der Waals surface area contributed by atoms with E-state index in [-0.39, 0.29) is 23.1 Å². The third-order valence-electron chi connectivity index (χ3n) is 4.28. The van der Waals surface area contributed by atoms with Gasteiger partial charge in [-0.05, 0) is 30.7 Å². The van der Waals surface area contributed by atoms with Gasteiger partial charge < -0.3 is 20.5 Å². The van der Waals surface area contributed by atoms with Crippen molar-refractivity contribution in [3.8, 4) is 5.75 Å². The maximum absolute atomic E-state index is 12.3. The zero-order chi connectivity index (χ0) is 21.1. The Balaban J connectivity index is 1.97. The van der Waals surface area contributed by atoms with Crippen molar-refractivity contribution in [1.82, 2.24) is 5.32 Å². The summed E-state index contributed by atoms with van der Waals surface area (Å²) >= 11 is 5.95. The second-order valence-corrected chi connectivity index (χ2v) is 6.61. The fourth-order valence-corrected chi connectivity index (χ4v) is 2.99. The molecule has 0 spiro atoms. The summed E-state index contributed by atoms with van der Waals surface area (Å²) in [5, 5.41) is 27.3. The lowest BCUT2D eigenvalue weighted by molar-refractivity contribution is -0.384. The first kappa shape index (κ1) is 20.2. The molecule has 0 radical (unpaired) electrons. The lowest BCUT2D eigenvalue weighted by Crippen LogP contribution is -2.36. The van der Waals surface area contributed by atoms with Gasteiger partial charge in [0, 0.05) is 16.8 Å². The van der Waals surface area contributed by atoms with Gasteiger partial charge in [-0.1, -0.05) is 23.7 Å². The summed E-state index contributed by atoms with van der Waals surface area (Å²) in [6.07, 6.45) is 0. The fourth-order valence-electron chi connectivity index (χ4n) is 2.87. The van der Waals surface area contributed by atoms with Gasteiger partial charge in [-0.2, -0.15) is 0 Å². The molecular formula is C19H17ClN4O5. The number of aromatic hydroxyl groups is 1. The minimum atomic E-state index is -0.677. The van der Waals surface area contributed by atoms with E-state index in [1.165, 1.54) is 19.2 Å². The zero-order valence-electron chi connectivity index (χ0n) is 15.5. The van der Waals surface area contributed by atoms with Crippen LogP contribution >= 0.6 is 11.6 Å². The number of phenols is 1. The number of nitrogens with one attached hydrogen (secondary N) is 2. The van der Waals surface area contributed by atoms with E-state index in [0.717, 1.165) is 6.07 Å². The number of phenolic OH excluding ortho intramolecular Hbond substituents is 1. The maximum atomic E-state index is 12.3. The molecule has 10 heteroatoms. The standard InChI is InChI=1S/C19H17ClN4O5/c1-10-16(18(26)29-2)17(11-3-5-12(20)6-4-11)23-19(21-10)22-14-8-7-13(24(27)28)9-15(14)25/h3-9,17,25H,1-2H3,(H2,21,22,23). The molecule has 1 aliphatic rings. The topological polar surface area (TPSA) is 126 Å². The number of benzene rings is 2. The quantitative estimate of drug-likeness (QED) is 0.301. The number of halogens is 1. The number of rotatable bonds is 4. The van der Waals surface area contributed by atoms with Crippen LogP contribution in [0.5, 0.6) is 5.75 Å². The van der Waals surface area contributed by atoms with Gasteiger partial charge in [0.2, 0.25) is 5.96 Å². The van der Waals surface area contributed by atoms with Crippen LogP contribution in [0.3, 0.4) is 0 Å². The number of carbonyl (C=O) groups excluding carboxylic acids is 1. The van der Waals surface area contributed by atoms with E-state index in [1.807, 2.05) is 0 Å². The number of anilines is 1. The van der Waals surface area contributed by atoms with Gasteiger partial charge in [-0.15, -0.1) is 0 Å². The zero-order valence-corrected chi connectivity index (χ0v) is 16.2. The monoisotopic (exact) mass is 416 g/mol. The highest BCUT2D eigenvalue weighted by atomic mass is 35.5. The number of aliphatic imine (C=N–C) groups is 1. The lowest BCUT2D eigenvalue weighted by Gasteiger charge is -2.26. The summed E-state index contributed by atoms with van der Waals surface area (Å²) in [5.74, 6) is -0.595. The Morgan fingerprint density at radius 1 is 1.31 bits per heavy atom. The smallest absolute Gasteiger partial charge is 0.338 e. The molecule has 9 nitrogen and oxygen atoms in total. The summed E-state index contributed by atoms with van der Waals surface area (Å²) in [5.41, 5.74) is 1.52. The predicted molar refractivity (Wildman–Crippen MR) is 108 cm³/mol. The van der Waals surface area contributed by atoms with Crippen molar-refractivity contribution in [3.05, 3.63) is 74.4 Å². The molecule has 0 fully saturated rings. The molecule has 1 unspecified atom stereocenters. The number of ether oxygens (including phenoxy) is 1. The van der Waals surface area contributed by atoms with E-state index in [2.05, 4.69) is 15.6 Å². The summed E-state index contributed by atoms with van der Waals surface area (Å²) < 4.78 is 4.89. The number of carbonyl (C=O) groups is 1. The summed E-state index contributed by atoms with van der Waals surface area (Å²) in [7, 11) is 1.29. The van der Waals surface area contributed by atoms with Crippen molar-refractivity contribution in [2.75, 3.05) is 12.4 Å². The van der Waals surface area contributed by atoms with Crippen LogP contribution in [0, 0.1) is 10.1 Å². The van der Waals surface area contributed by atoms with E-state index in [1.54, 1.807) is 31.2 Å². The Hall–Kier alpha value is -3.59. The Bertz CT molecular complexity index is 1030. The third-order valence-corrected chi connectivity index (χ3v) is 4.53. The number of hydrogen-bond acceptors (Lipinski definition) is 8. The van der Waals surface area contributed by atoms with Crippen LogP contribution in [0.4, 0.5) is 11.4 Å². The molecule has 3 N–H and O–H groups in total. The SMILES string of the molecule is COC(=O)C1=C(C)NC(Nc2ccc([N+](=O)[O-])cc2O)=NC1c1ccc(Cl)cc1. The number of methoxy groups -OCH3 is 1. The second kappa shape index (κ2) is 8.19. The van der Waals surface area contributed by atoms with Gasteiger partial charge in [0.25, 0.3) is 5.69 Å². The minimum absolute atomic E-state index is 0.214. The Labute approximate surface area is 170 Å². The molecule has 29 heavy (non-hydrogen) atoms. The van der Waals surface area contributed by atoms with E-state index in [0.29, 0.717) is 21.9 Å². The number of nitro benzene ring substituents is 1. The molecule has 0 saturated carbocycles. The van der Waals surface area contributed by atoms with Crippen molar-refractivity contribution >= 4 is 34.9 Å². The molecule has 0 bridgehead atoms. The fraction of sp³-hybridized carbons (Fsp3) is 0.158. The van der Waals surface area contributed by atoms with Crippen LogP contribution in [-0.2, 0) is 9.53 Å². The molecule has 2 aromatic carbocycles. The molecule has 150 valence electrons. The van der Waals surface area contributed by atoms with Crippen LogP contribution in [0.15, 0.2) is 58.7 Å². The van der Waals surface area contributed by atoms with E-state index in [9.17, 15) is 20.0 Å². The number of esters is 1. The van der Waals surface area contributed by atoms with Gasteiger partial charge in [0.05, 0.1) is 29.4 Å². The largest absolute Gasteiger partial charge is 0.506 e. The van der Waals surface area contributed by atoms with Crippen molar-refractivity contribution < 1.29 is 19.6 Å². The normalized spacial score (nSPS) is 16.0. The third kappa shape index (κ3) is 4.30. The first-order valence-electron chi connectivity index (χ1n) is 8.44. The molecular weight excluding hydrogens is 400 g/mol. The predicted octanol–water partition coefficient (Wildman–Crippen LogP) is 3.51. The summed E-state index contributed by atoms with van der Waals surface area (Å²) in [6.45, 7) is 1.70. The lowest BCUT2D eigenvalue weighted by atomic mass is 9.96. The molecule has 0 amide bonds. The number of nitro groups is 1. The first-order valence-corrected chi connectivity index (χ1v) is 8.81. The van der Waals surface area contributed by atoms with Gasteiger partial charge in [0.15, 0.2) is 0 Å². The van der Waals surface area contributed by atoms with E-state index in [4.69, 9.17) is 16.3 Å². The van der Waals surface area contributed by atoms with Gasteiger partial charge in [-0.3, -0.25) is 10.1 Å². The highest BCUT2D eigenvalue weighted by Crippen LogP contribution is 2.33. The van der Waals surface area contributed by atoms with Crippen LogP contribution in [0.25, 0.3) is 0 Å². The van der Waals surface area contributed by atoms with Crippen LogP contribution in [-0.4, -0.2) is 29.1 Å². The minimum Gasteiger partial charge on any atom is -0.506 e. The number of non-ortho nitro benzene ring substituents is 1. The number of hydrogen-bond donors (Lipinski definition) is 3. The molecule has 0 aliphatic carbocycles. The van der Waals surface area contributed by atoms with Crippen molar-refractivity contribution in [3.63, 3.8) is 0 Å². The average Bonchev–Trinajstić information content (AvgIpc) is 2.69. The molecule has 3 rings (SSSR count). The van der Waals surface area contributed by atoms with Gasteiger partial charge in [0.1, 0.15) is 11.8 Å². The molecule has 0 saturated heterocycles. The van der Waals surface area contributed by atoms with Crippen molar-refractivity contribution in [2.45, 2.75) is 13.0 Å². The van der Waals surface area contributed by atoms with E-state index < -0.39 is 16.9 Å². The highest BCUT2D eigenvalue weighted by Gasteiger charge is 2.30. The number of nitrogens with zero attached hydrogens (tertiary/aromatic N) is 2. The van der Waals surface area contributed by atoms with Crippen molar-refractivity contribution in [1.29, 1.82) is 0 Å². The van der Waals surface area contributed by atoms with Crippen LogP contribution < -0.4 is 10.6 Å². The average molecular weight is 417 g/mol. The maximum Gasteiger partial charge on any atom is 0.338 e. The number of allylic oxidation sites excluding steroid dienone is 1. The Kier molecular flexibility index (Phi) is 5.69. The molecule has 1 aliphatic heterocycles. The van der Waals surface area contributed by atoms with Crippen LogP contribution in [0.2, 0.25) is 5.02 Å². The molecule has 1 atom stereocenters. The van der Waals surface area contributed by atoms with Crippen molar-refractivity contribution in [2.24, 2.45) is 4.99 Å². The molecule has 2 aromatic rings. The Morgan fingerprint density at radius 3 is 2.59 bits per heavy atom. The highest BCUT2D eigenvalue weighted by molar-refractivity contribution is 6.30. The molecule has 0 aromatic heterocycles. The summed E-state index contributed by atoms with van der Waals surface area (Å²) in [4.78, 5) is 27.1. The van der Waals surface area contributed by atoms with Gasteiger partial charge >= 0.3 is 5.97 Å². The van der Waals surface area contributed by atoms with Crippen LogP contribution in [0.1, 0.15) is 18.5 Å². The number of guanidine groups is 1. The second-order valence-electron chi connectivity index (χ2n) is 6.17. The first-order chi connectivity index (χ1) is 13.8. The summed E-state index contributed by atoms with van der Waals surface area (Å²) in [6, 6.07) is 9.85.